The van der Waals surface area contributed by atoms with Gasteiger partial charge in [0, 0.05) is 117 Å². The maximum Gasteiger partial charge on any atom is 0.293 e. The number of amides is 2. The smallest absolute Gasteiger partial charge is 0.293 e. The molecular weight excluding hydrogens is 819 g/mol. The van der Waals surface area contributed by atoms with Crippen molar-refractivity contribution < 1.29 is 14.7 Å². The first-order chi connectivity index (χ1) is 31.2. The van der Waals surface area contributed by atoms with Gasteiger partial charge < -0.3 is 34.7 Å². The minimum atomic E-state index is -0.396. The van der Waals surface area contributed by atoms with Crippen LogP contribution >= 0.6 is 0 Å². The molecule has 0 saturated carbocycles. The number of nitrogens with zero attached hydrogens (tertiary/aromatic N) is 9. The van der Waals surface area contributed by atoms with Crippen molar-refractivity contribution >= 4 is 46.2 Å². The van der Waals surface area contributed by atoms with Crippen LogP contribution in [-0.4, -0.2) is 97.3 Å². The molecule has 2 saturated heterocycles. The highest BCUT2D eigenvalue weighted by Crippen LogP contribution is 2.40. The molecule has 0 bridgehead atoms. The number of benzene rings is 1. The number of nitrogens with one attached hydrogen (secondary N) is 2. The van der Waals surface area contributed by atoms with Gasteiger partial charge in [0.15, 0.2) is 5.82 Å². The number of aliphatic hydroxyl groups excluding tert-OH is 1. The number of rotatable bonds is 11. The number of aliphatic hydroxyl groups is 1. The number of hydrogen-bond donors (Lipinski definition) is 3. The van der Waals surface area contributed by atoms with E-state index in [1.165, 1.54) is 27.6 Å². The van der Waals surface area contributed by atoms with E-state index in [1.807, 2.05) is 30.5 Å². The summed E-state index contributed by atoms with van der Waals surface area (Å²) in [6, 6.07) is 14.5. The number of piperazine rings is 1. The maximum absolute atomic E-state index is 14.0. The van der Waals surface area contributed by atoms with Crippen molar-refractivity contribution in [2.75, 3.05) is 64.6 Å². The molecule has 7 heterocycles. The number of fused-ring (bicyclic) bond motifs is 3. The lowest BCUT2D eigenvalue weighted by molar-refractivity contribution is -0.111. The molecule has 1 atom stereocenters. The molecule has 0 radical (unpaired) electrons. The van der Waals surface area contributed by atoms with Gasteiger partial charge in [-0.3, -0.25) is 29.2 Å². The molecule has 1 aliphatic carbocycles. The topological polar surface area (TPSA) is 157 Å². The van der Waals surface area contributed by atoms with E-state index in [4.69, 9.17) is 4.98 Å². The van der Waals surface area contributed by atoms with Crippen LogP contribution in [0.4, 0.5) is 34.4 Å². The van der Waals surface area contributed by atoms with Crippen molar-refractivity contribution in [2.45, 2.75) is 91.5 Å². The third kappa shape index (κ3) is 8.54. The van der Waals surface area contributed by atoms with Gasteiger partial charge in [0.1, 0.15) is 11.5 Å². The highest BCUT2D eigenvalue weighted by molar-refractivity contribution is 6.06. The first-order valence-corrected chi connectivity index (χ1v) is 23.0. The van der Waals surface area contributed by atoms with Gasteiger partial charge in [-0.1, -0.05) is 34.3 Å². The van der Waals surface area contributed by atoms with Crippen LogP contribution in [0.1, 0.15) is 86.4 Å². The Morgan fingerprint density at radius 1 is 0.985 bits per heavy atom. The van der Waals surface area contributed by atoms with Crippen LogP contribution in [0, 0.1) is 5.41 Å². The van der Waals surface area contributed by atoms with Crippen molar-refractivity contribution in [1.29, 1.82) is 0 Å². The summed E-state index contributed by atoms with van der Waals surface area (Å²) in [5.74, 6) is 0.322. The number of hydrogen-bond acceptors (Lipinski definition) is 11. The number of aromatic nitrogens is 5. The summed E-state index contributed by atoms with van der Waals surface area (Å²) in [5, 5.41) is 17.1. The van der Waals surface area contributed by atoms with Gasteiger partial charge in [0.05, 0.1) is 23.7 Å². The highest BCUT2D eigenvalue weighted by atomic mass is 16.3. The Morgan fingerprint density at radius 2 is 1.77 bits per heavy atom. The van der Waals surface area contributed by atoms with E-state index in [0.29, 0.717) is 64.8 Å². The molecule has 2 amide bonds. The van der Waals surface area contributed by atoms with Crippen LogP contribution in [-0.2, 0) is 37.8 Å². The summed E-state index contributed by atoms with van der Waals surface area (Å²) in [7, 11) is 1.65. The minimum absolute atomic E-state index is 0.0580. The Labute approximate surface area is 380 Å². The fourth-order valence-electron chi connectivity index (χ4n) is 10.4. The average Bonchev–Trinajstić information content (AvgIpc) is 3.80. The Kier molecular flexibility index (Phi) is 11.9. The molecule has 0 spiro atoms. The Balaban J connectivity index is 0.923. The van der Waals surface area contributed by atoms with Gasteiger partial charge in [0.25, 0.3) is 11.5 Å². The number of pyridine rings is 2. The molecule has 4 aromatic heterocycles. The molecule has 340 valence electrons. The van der Waals surface area contributed by atoms with E-state index >= 15 is 0 Å². The molecule has 15 nitrogen and oxygen atoms in total. The van der Waals surface area contributed by atoms with Gasteiger partial charge in [-0.15, -0.1) is 0 Å². The Bertz CT molecular complexity index is 2710. The molecular formula is C50H61N11O4. The zero-order valence-electron chi connectivity index (χ0n) is 38.5. The Hall–Kier alpha value is -6.32. The third-order valence-electron chi connectivity index (χ3n) is 13.8. The molecule has 5 aromatic rings. The molecule has 65 heavy (non-hydrogen) atoms. The van der Waals surface area contributed by atoms with E-state index in [2.05, 4.69) is 93.2 Å². The number of carbonyl (C=O) groups excluding carboxylic acids is 2. The lowest BCUT2D eigenvalue weighted by atomic mass is 9.90. The third-order valence-corrected chi connectivity index (χ3v) is 13.8. The van der Waals surface area contributed by atoms with Crippen LogP contribution in [0.25, 0.3) is 11.3 Å². The Morgan fingerprint density at radius 3 is 2.51 bits per heavy atom. The summed E-state index contributed by atoms with van der Waals surface area (Å²) in [4.78, 5) is 63.6. The van der Waals surface area contributed by atoms with Crippen molar-refractivity contribution in [3.05, 3.63) is 112 Å². The van der Waals surface area contributed by atoms with Crippen molar-refractivity contribution in [1.82, 2.24) is 29.0 Å². The minimum Gasteiger partial charge on any atom is -0.392 e. The first kappa shape index (κ1) is 43.9. The highest BCUT2D eigenvalue weighted by Gasteiger charge is 2.38. The van der Waals surface area contributed by atoms with Crippen molar-refractivity contribution in [3.8, 4) is 11.3 Å². The standard InChI is InChI=1S/C50H61N11O4/c1-8-45(63)54-40-24-34(9-10-42(40)59-20-19-58(28-32(59)4)35-13-17-57(18-14-35)36-11-15-51-39(25-36)31(2)3)53-46-49(65)56(7)29-41(55-46)37-12-16-52-47(38(37)30-62)61-22-21-60-43(48(61)64)23-33-26-50(5,6)27-44(33)60/h8-12,15-16,23-25,29,31-32,35,62H,1,13-14,17-22,26-28,30H2,2-7H3,(H,53,55)(H,54,63)/t32-/m0/s1. The second-order valence-electron chi connectivity index (χ2n) is 19.2. The first-order valence-electron chi connectivity index (χ1n) is 23.0. The lowest BCUT2D eigenvalue weighted by Crippen LogP contribution is -2.57. The van der Waals surface area contributed by atoms with Crippen LogP contribution in [0.15, 0.2) is 78.5 Å². The fourth-order valence-corrected chi connectivity index (χ4v) is 10.4. The van der Waals surface area contributed by atoms with E-state index in [0.717, 1.165) is 69.8 Å². The summed E-state index contributed by atoms with van der Waals surface area (Å²) in [5.41, 5.74) is 8.72. The monoisotopic (exact) mass is 879 g/mol. The summed E-state index contributed by atoms with van der Waals surface area (Å²) in [6.07, 6.45) is 10.5. The zero-order valence-corrected chi connectivity index (χ0v) is 38.5. The predicted molar refractivity (Wildman–Crippen MR) is 256 cm³/mol. The molecule has 3 N–H and O–H groups in total. The van der Waals surface area contributed by atoms with E-state index in [-0.39, 0.29) is 34.6 Å². The quantitative estimate of drug-likeness (QED) is 0.125. The van der Waals surface area contributed by atoms with Gasteiger partial charge in [-0.05, 0) is 98.0 Å². The molecule has 1 aromatic carbocycles. The van der Waals surface area contributed by atoms with Crippen LogP contribution < -0.4 is 30.9 Å². The number of carbonyl (C=O) groups is 2. The molecule has 3 aliphatic heterocycles. The van der Waals surface area contributed by atoms with Gasteiger partial charge in [-0.2, -0.15) is 0 Å². The molecule has 2 fully saturated rings. The van der Waals surface area contributed by atoms with Crippen LogP contribution in [0.5, 0.6) is 0 Å². The zero-order chi connectivity index (χ0) is 45.7. The van der Waals surface area contributed by atoms with Crippen molar-refractivity contribution in [2.24, 2.45) is 12.5 Å². The van der Waals surface area contributed by atoms with Gasteiger partial charge in [-0.25, -0.2) is 9.97 Å². The summed E-state index contributed by atoms with van der Waals surface area (Å²) in [6.45, 7) is 20.0. The van der Waals surface area contributed by atoms with Gasteiger partial charge >= 0.3 is 0 Å². The van der Waals surface area contributed by atoms with Crippen LogP contribution in [0.2, 0.25) is 0 Å². The average molecular weight is 880 g/mol. The molecule has 4 aliphatic rings. The van der Waals surface area contributed by atoms with E-state index in [1.54, 1.807) is 30.4 Å². The van der Waals surface area contributed by atoms with Gasteiger partial charge in [0.2, 0.25) is 5.91 Å². The van der Waals surface area contributed by atoms with E-state index < -0.39 is 6.61 Å². The predicted octanol–water partition coefficient (Wildman–Crippen LogP) is 6.49. The SMILES string of the molecule is C=CC(=O)Nc1cc(Nc2nc(-c3ccnc(N4CCn5c(cc6c5CC(C)(C)C6)C4=O)c3CO)cn(C)c2=O)ccc1N1CCN(C2CCN(c3ccnc(C(C)C)c3)CC2)C[C@@H]1C. The maximum atomic E-state index is 14.0. The largest absolute Gasteiger partial charge is 0.392 e. The second kappa shape index (κ2) is 17.6. The summed E-state index contributed by atoms with van der Waals surface area (Å²) < 4.78 is 3.59. The lowest BCUT2D eigenvalue weighted by Gasteiger charge is -2.47. The number of piperidine rings is 1. The fraction of sp³-hybridized carbons (Fsp3) is 0.440. The molecule has 0 unspecified atom stereocenters. The molecule has 15 heteroatoms. The summed E-state index contributed by atoms with van der Waals surface area (Å²) >= 11 is 0. The van der Waals surface area contributed by atoms with Crippen LogP contribution in [0.3, 0.4) is 0 Å². The normalized spacial score (nSPS) is 18.8. The van der Waals surface area contributed by atoms with Crippen molar-refractivity contribution in [3.63, 3.8) is 0 Å². The number of anilines is 6. The number of aryl methyl sites for hydroxylation is 1. The second-order valence-corrected chi connectivity index (χ2v) is 19.2. The molecule has 9 rings (SSSR count). The van der Waals surface area contributed by atoms with E-state index in [9.17, 15) is 19.5 Å².